The summed E-state index contributed by atoms with van der Waals surface area (Å²) in [5, 5.41) is 19.4. The molecule has 0 bridgehead atoms. The number of halogens is 1. The third-order valence-electron chi connectivity index (χ3n) is 3.24. The molecule has 0 radical (unpaired) electrons. The molecule has 5 N–H and O–H groups in total. The van der Waals surface area contributed by atoms with E-state index in [0.717, 1.165) is 4.90 Å². The van der Waals surface area contributed by atoms with Gasteiger partial charge in [-0.15, -0.1) is 11.8 Å². The molecule has 6 nitrogen and oxygen atoms in total. The van der Waals surface area contributed by atoms with Crippen molar-refractivity contribution in [2.24, 2.45) is 5.73 Å². The van der Waals surface area contributed by atoms with Crippen LogP contribution in [0, 0.1) is 5.82 Å². The van der Waals surface area contributed by atoms with Crippen LogP contribution in [0.3, 0.4) is 0 Å². The van der Waals surface area contributed by atoms with Crippen LogP contribution in [0.4, 0.5) is 15.1 Å². The average Bonchev–Trinajstić information content (AvgIpc) is 3.01. The Morgan fingerprint density at radius 3 is 2.65 bits per heavy atom. The molecule has 9 heteroatoms. The number of nitrogens with one attached hydrogen (secondary N) is 1. The summed E-state index contributed by atoms with van der Waals surface area (Å²) < 4.78 is 14.1. The van der Waals surface area contributed by atoms with Crippen LogP contribution in [0.15, 0.2) is 41.4 Å². The van der Waals surface area contributed by atoms with Gasteiger partial charge in [0.05, 0.1) is 24.5 Å². The molecule has 1 amide bonds. The minimum absolute atomic E-state index is 0.125. The number of aromatic nitrogens is 1. The van der Waals surface area contributed by atoms with Crippen LogP contribution in [0.1, 0.15) is 10.4 Å². The van der Waals surface area contributed by atoms with Crippen molar-refractivity contribution in [2.45, 2.75) is 4.90 Å². The highest BCUT2D eigenvalue weighted by Crippen LogP contribution is 2.36. The summed E-state index contributed by atoms with van der Waals surface area (Å²) in [4.78, 5) is 17.5. The molecule has 3 rings (SSSR count). The van der Waals surface area contributed by atoms with Crippen LogP contribution in [-0.4, -0.2) is 40.6 Å². The van der Waals surface area contributed by atoms with Gasteiger partial charge in [-0.2, -0.15) is 0 Å². The highest BCUT2D eigenvalue weighted by atomic mass is 32.2. The fraction of sp³-hybridized carbons (Fsp3) is 0.176. The number of pyridine rings is 1. The summed E-state index contributed by atoms with van der Waals surface area (Å²) >= 11 is 2.73. The third-order valence-corrected chi connectivity index (χ3v) is 4.99. The van der Waals surface area contributed by atoms with Crippen LogP contribution >= 0.6 is 23.1 Å². The molecule has 0 atom stereocenters. The number of carbonyl (C=O) groups is 1. The second-order valence-corrected chi connectivity index (χ2v) is 6.82. The van der Waals surface area contributed by atoms with E-state index in [1.54, 1.807) is 24.4 Å². The van der Waals surface area contributed by atoms with E-state index in [9.17, 15) is 9.18 Å². The monoisotopic (exact) mass is 395 g/mol. The Hall–Kier alpha value is -2.20. The Kier molecular flexibility index (Phi) is 7.34. The fourth-order valence-corrected chi connectivity index (χ4v) is 3.60. The van der Waals surface area contributed by atoms with Gasteiger partial charge < -0.3 is 21.3 Å². The lowest BCUT2D eigenvalue weighted by molar-refractivity contribution is 0.100. The number of aliphatic hydroxyl groups is 2. The van der Waals surface area contributed by atoms with E-state index in [4.69, 9.17) is 15.9 Å². The number of nitrogens with zero attached hydrogens (tertiary/aromatic N) is 1. The topological polar surface area (TPSA) is 108 Å². The summed E-state index contributed by atoms with van der Waals surface area (Å²) in [6.45, 7) is -0.250. The number of thioether (sulfide) groups is 1. The van der Waals surface area contributed by atoms with Crippen molar-refractivity contribution >= 4 is 49.9 Å². The Labute approximate surface area is 157 Å². The maximum Gasteiger partial charge on any atom is 0.252 e. The predicted molar refractivity (Wildman–Crippen MR) is 104 cm³/mol. The number of thiophene rings is 1. The lowest BCUT2D eigenvalue weighted by Gasteiger charge is -2.08. The average molecular weight is 395 g/mol. The molecule has 0 aliphatic heterocycles. The van der Waals surface area contributed by atoms with E-state index in [0.29, 0.717) is 26.5 Å². The molecule has 0 spiro atoms. The van der Waals surface area contributed by atoms with Gasteiger partial charge in [-0.05, 0) is 36.6 Å². The zero-order valence-corrected chi connectivity index (χ0v) is 15.5. The predicted octanol–water partition coefficient (Wildman–Crippen LogP) is 2.97. The maximum atomic E-state index is 14.1. The number of nitrogens with two attached hydrogens (primary N) is 1. The van der Waals surface area contributed by atoms with Gasteiger partial charge in [-0.25, -0.2) is 9.37 Å². The van der Waals surface area contributed by atoms with Crippen molar-refractivity contribution in [1.82, 2.24) is 4.98 Å². The Balaban J connectivity index is 0.000000552. The van der Waals surface area contributed by atoms with E-state index in [1.165, 1.54) is 29.2 Å². The molecule has 0 saturated heterocycles. The molecule has 0 aliphatic carbocycles. The first kappa shape index (κ1) is 20.1. The number of hydrogen-bond donors (Lipinski definition) is 4. The molecule has 0 fully saturated rings. The van der Waals surface area contributed by atoms with Gasteiger partial charge in [0.25, 0.3) is 5.91 Å². The van der Waals surface area contributed by atoms with E-state index in [1.807, 2.05) is 12.3 Å². The van der Waals surface area contributed by atoms with Crippen molar-refractivity contribution < 1.29 is 19.4 Å². The molecule has 0 aliphatic rings. The number of hydrogen-bond acceptors (Lipinski definition) is 7. The zero-order valence-electron chi connectivity index (χ0n) is 13.9. The first-order chi connectivity index (χ1) is 12.5. The summed E-state index contributed by atoms with van der Waals surface area (Å²) in [5.74, 6) is -0.949. The third kappa shape index (κ3) is 4.70. The summed E-state index contributed by atoms with van der Waals surface area (Å²) in [6, 6.07) is 8.41. The van der Waals surface area contributed by atoms with E-state index >= 15 is 0 Å². The maximum absolute atomic E-state index is 14.1. The first-order valence-corrected chi connectivity index (χ1v) is 9.55. The lowest BCUT2D eigenvalue weighted by Crippen LogP contribution is -2.12. The second kappa shape index (κ2) is 9.48. The number of fused-ring (bicyclic) bond motifs is 1. The number of primary amides is 1. The van der Waals surface area contributed by atoms with E-state index in [2.05, 4.69) is 10.3 Å². The van der Waals surface area contributed by atoms with Crippen molar-refractivity contribution in [3.05, 3.63) is 47.9 Å². The molecule has 0 unspecified atom stereocenters. The Morgan fingerprint density at radius 2 is 2.08 bits per heavy atom. The van der Waals surface area contributed by atoms with Gasteiger partial charge >= 0.3 is 0 Å². The van der Waals surface area contributed by atoms with Crippen LogP contribution in [0.25, 0.3) is 10.2 Å². The van der Waals surface area contributed by atoms with Crippen LogP contribution in [-0.2, 0) is 0 Å². The van der Waals surface area contributed by atoms with Crippen LogP contribution < -0.4 is 11.1 Å². The minimum Gasteiger partial charge on any atom is -0.394 e. The smallest absolute Gasteiger partial charge is 0.252 e. The molecule has 26 heavy (non-hydrogen) atoms. The summed E-state index contributed by atoms with van der Waals surface area (Å²) in [6.07, 6.45) is 3.52. The number of benzene rings is 1. The number of rotatable bonds is 5. The minimum atomic E-state index is -0.567. The van der Waals surface area contributed by atoms with E-state index in [-0.39, 0.29) is 19.0 Å². The van der Waals surface area contributed by atoms with Crippen molar-refractivity contribution in [1.29, 1.82) is 0 Å². The first-order valence-electron chi connectivity index (χ1n) is 7.51. The Morgan fingerprint density at radius 1 is 1.35 bits per heavy atom. The summed E-state index contributed by atoms with van der Waals surface area (Å²) in [7, 11) is 0. The van der Waals surface area contributed by atoms with Gasteiger partial charge in [-0.3, -0.25) is 4.79 Å². The number of aliphatic hydroxyl groups excluding tert-OH is 2. The molecular weight excluding hydrogens is 377 g/mol. The molecule has 3 aromatic rings. The van der Waals surface area contributed by atoms with Gasteiger partial charge in [0.1, 0.15) is 15.6 Å². The summed E-state index contributed by atoms with van der Waals surface area (Å²) in [5.41, 5.74) is 6.10. The van der Waals surface area contributed by atoms with E-state index < -0.39 is 5.91 Å². The highest BCUT2D eigenvalue weighted by Gasteiger charge is 2.18. The normalized spacial score (nSPS) is 10.3. The number of anilines is 2. The Bertz CT molecular complexity index is 900. The molecule has 138 valence electrons. The molecule has 1 aromatic carbocycles. The van der Waals surface area contributed by atoms with Crippen LogP contribution in [0.2, 0.25) is 0 Å². The SMILES string of the molecule is CSc1ccc(Nc2sc3ncccc3c2C(N)=O)c(F)c1.OCCO. The standard InChI is InChI=1S/C15H12FN3OS2.C2H6O2/c1-21-8-4-5-11(10(16)7-8)19-15-12(13(17)20)9-3-2-6-18-14(9)22-15;3-1-2-4/h2-7,19H,1H3,(H2,17,20);3-4H,1-2H2. The van der Waals surface area contributed by atoms with Crippen LogP contribution in [0.5, 0.6) is 0 Å². The van der Waals surface area contributed by atoms with Crippen molar-refractivity contribution in [3.63, 3.8) is 0 Å². The molecule has 2 heterocycles. The number of carbonyl (C=O) groups excluding carboxylic acids is 1. The second-order valence-electron chi connectivity index (χ2n) is 4.94. The van der Waals surface area contributed by atoms with Gasteiger partial charge in [0.15, 0.2) is 0 Å². The van der Waals surface area contributed by atoms with Crippen molar-refractivity contribution in [2.75, 3.05) is 24.8 Å². The van der Waals surface area contributed by atoms with Crippen molar-refractivity contribution in [3.8, 4) is 0 Å². The largest absolute Gasteiger partial charge is 0.394 e. The molecular formula is C17H18FN3O3S2. The quantitative estimate of drug-likeness (QED) is 0.495. The highest BCUT2D eigenvalue weighted by molar-refractivity contribution is 7.98. The molecule has 2 aromatic heterocycles. The van der Waals surface area contributed by atoms with Gasteiger partial charge in [0, 0.05) is 16.5 Å². The van der Waals surface area contributed by atoms with Gasteiger partial charge in [0.2, 0.25) is 0 Å². The number of amides is 1. The zero-order chi connectivity index (χ0) is 19.1. The molecule has 0 saturated carbocycles. The lowest BCUT2D eigenvalue weighted by atomic mass is 10.2. The fourth-order valence-electron chi connectivity index (χ4n) is 2.11. The van der Waals surface area contributed by atoms with Gasteiger partial charge in [-0.1, -0.05) is 11.3 Å².